The summed E-state index contributed by atoms with van der Waals surface area (Å²) in [5.41, 5.74) is 20.0. The van der Waals surface area contributed by atoms with Gasteiger partial charge in [0.05, 0.1) is 22.8 Å². The van der Waals surface area contributed by atoms with Crippen LogP contribution in [-0.2, 0) is 17.1 Å². The number of alkyl halides is 6. The molecule has 8 bridgehead atoms. The number of fused-ring (bicyclic) bond motifs is 8. The molecule has 4 nitrogen and oxygen atoms in total. The molecule has 63 heavy (non-hydrogen) atoms. The normalized spacial score (nSPS) is 12.9. The fourth-order valence-corrected chi connectivity index (χ4v) is 7.75. The van der Waals surface area contributed by atoms with Gasteiger partial charge >= 0.3 is 29.4 Å². The molecule has 0 spiro atoms. The predicted octanol–water partition coefficient (Wildman–Crippen LogP) is 14.9. The van der Waals surface area contributed by atoms with Crippen molar-refractivity contribution in [2.75, 3.05) is 0 Å². The van der Waals surface area contributed by atoms with Crippen molar-refractivity contribution < 1.29 is 43.4 Å². The van der Waals surface area contributed by atoms with E-state index >= 15 is 0 Å². The fraction of sp³-hybridized carbons (Fsp3) is 0.154. The van der Waals surface area contributed by atoms with Gasteiger partial charge in [-0.2, -0.15) is 26.3 Å². The summed E-state index contributed by atoms with van der Waals surface area (Å²) in [6.07, 6.45) is -10.4. The van der Waals surface area contributed by atoms with Gasteiger partial charge in [-0.1, -0.05) is 146 Å². The molecule has 321 valence electrons. The average molecular weight is 898 g/mol. The molecule has 9 rings (SSSR count). The Bertz CT molecular complexity index is 2630. The Kier molecular flexibility index (Phi) is 12.6. The van der Waals surface area contributed by atoms with Crippen LogP contribution >= 0.6 is 0 Å². The second kappa shape index (κ2) is 17.8. The van der Waals surface area contributed by atoms with E-state index in [0.29, 0.717) is 0 Å². The summed E-state index contributed by atoms with van der Waals surface area (Å²) >= 11 is 0. The van der Waals surface area contributed by atoms with Crippen LogP contribution in [0.4, 0.5) is 26.3 Å². The minimum absolute atomic E-state index is 0. The number of hydrogen-bond donors (Lipinski definition) is 0. The predicted molar refractivity (Wildman–Crippen MR) is 238 cm³/mol. The molecule has 3 aromatic heterocycles. The molecule has 4 aromatic carbocycles. The van der Waals surface area contributed by atoms with E-state index in [-0.39, 0.29) is 24.0 Å². The van der Waals surface area contributed by atoms with E-state index in [1.165, 1.54) is 0 Å². The Balaban J connectivity index is 0.000000485. The molecule has 1 radical (unpaired) electrons. The van der Waals surface area contributed by atoms with Crippen molar-refractivity contribution in [1.29, 1.82) is 0 Å². The zero-order valence-electron chi connectivity index (χ0n) is 34.8. The third-order valence-electron chi connectivity index (χ3n) is 11.5. The number of rotatable bonds is 4. The number of halogens is 6. The van der Waals surface area contributed by atoms with Gasteiger partial charge in [0.25, 0.3) is 0 Å². The first kappa shape index (κ1) is 44.6. The number of allylic oxidation sites excluding steroid dienone is 4. The van der Waals surface area contributed by atoms with Crippen molar-refractivity contribution in [3.05, 3.63) is 168 Å². The van der Waals surface area contributed by atoms with Gasteiger partial charge < -0.3 is 9.97 Å². The van der Waals surface area contributed by atoms with E-state index < -0.39 is 18.3 Å². The van der Waals surface area contributed by atoms with Crippen LogP contribution in [0.1, 0.15) is 57.4 Å². The number of aromatic nitrogens is 4. The molecule has 0 N–H and O–H groups in total. The van der Waals surface area contributed by atoms with Crippen LogP contribution < -0.4 is 9.97 Å². The number of nitrogens with zero attached hydrogens (tertiary/aromatic N) is 4. The van der Waals surface area contributed by atoms with E-state index in [2.05, 4.69) is 173 Å². The number of hydrogen-bond acceptors (Lipinski definition) is 2. The first-order valence-corrected chi connectivity index (χ1v) is 20.0. The van der Waals surface area contributed by atoms with E-state index in [1.807, 2.05) is 0 Å². The van der Waals surface area contributed by atoms with E-state index in [1.54, 1.807) is 0 Å². The molecule has 0 saturated heterocycles. The molecule has 0 aliphatic carbocycles. The maximum absolute atomic E-state index is 11.2. The van der Waals surface area contributed by atoms with Crippen LogP contribution in [0.3, 0.4) is 0 Å². The van der Waals surface area contributed by atoms with Crippen LogP contribution in [0.15, 0.2) is 146 Å². The summed E-state index contributed by atoms with van der Waals surface area (Å²) < 4.78 is 67.4. The minimum atomic E-state index is -5.18. The smallest absolute Gasteiger partial charge is 0.657 e. The summed E-state index contributed by atoms with van der Waals surface area (Å²) in [6, 6.07) is 50.6. The molecular weight excluding hydrogens is 858 g/mol. The van der Waals surface area contributed by atoms with E-state index in [9.17, 15) is 26.3 Å². The zero-order chi connectivity index (χ0) is 43.9. The monoisotopic (exact) mass is 897 g/mol. The summed E-state index contributed by atoms with van der Waals surface area (Å²) in [5, 5.41) is 0. The van der Waals surface area contributed by atoms with Crippen LogP contribution in [0.5, 0.6) is 0 Å². The van der Waals surface area contributed by atoms with Gasteiger partial charge in [0.1, 0.15) is 5.92 Å². The zero-order valence-corrected chi connectivity index (χ0v) is 35.7. The molecule has 2 aliphatic heterocycles. The second-order valence-corrected chi connectivity index (χ2v) is 15.3. The maximum atomic E-state index is 11.2. The topological polar surface area (TPSA) is 54.0 Å². The van der Waals surface area contributed by atoms with Gasteiger partial charge in [-0.25, -0.2) is 9.97 Å². The SMILES string of the molecule is CC(C(F)(F)F)C(F)(F)F.CC1=C(C)c2nc1c(-c1ccccc1)c1ccc([n-]1)c(-c1ccccc1)c1nc(c(-c3ccccc3)c3ccc([n-]3)c2-c2ccccc2)C(C)=C1C.[Cu+2]. The average Bonchev–Trinajstić information content (AvgIpc) is 4.06. The van der Waals surface area contributed by atoms with Gasteiger partial charge in [-0.3, -0.25) is 0 Å². The van der Waals surface area contributed by atoms with E-state index in [0.717, 1.165) is 112 Å². The van der Waals surface area contributed by atoms with Crippen LogP contribution in [0.2, 0.25) is 0 Å². The Hall–Kier alpha value is -6.42. The third-order valence-corrected chi connectivity index (χ3v) is 11.5. The maximum Gasteiger partial charge on any atom is 2.00 e. The quantitative estimate of drug-likeness (QED) is 0.130. The van der Waals surface area contributed by atoms with Crippen molar-refractivity contribution in [2.45, 2.75) is 47.0 Å². The van der Waals surface area contributed by atoms with E-state index in [4.69, 9.17) is 19.9 Å². The van der Waals surface area contributed by atoms with Gasteiger partial charge in [0.2, 0.25) is 0 Å². The van der Waals surface area contributed by atoms with Crippen molar-refractivity contribution >= 4 is 44.4 Å². The first-order valence-electron chi connectivity index (χ1n) is 20.0. The van der Waals surface area contributed by atoms with Crippen molar-refractivity contribution in [3.8, 4) is 44.5 Å². The molecule has 11 heteroatoms. The molecular formula is C52H40CuF6N4. The molecule has 0 fully saturated rings. The molecule has 0 amide bonds. The largest absolute Gasteiger partial charge is 2.00 e. The van der Waals surface area contributed by atoms with Gasteiger partial charge in [0.15, 0.2) is 0 Å². The second-order valence-electron chi connectivity index (χ2n) is 15.3. The van der Waals surface area contributed by atoms with Crippen LogP contribution in [0, 0.1) is 5.92 Å². The summed E-state index contributed by atoms with van der Waals surface area (Å²) in [5.74, 6) is -3.24. The molecule has 5 heterocycles. The van der Waals surface area contributed by atoms with Crippen LogP contribution in [-0.4, -0.2) is 22.3 Å². The van der Waals surface area contributed by atoms with Gasteiger partial charge in [-0.05, 0) is 101 Å². The molecule has 2 aliphatic rings. The Morgan fingerprint density at radius 2 is 0.571 bits per heavy atom. The molecule has 0 saturated carbocycles. The fourth-order valence-electron chi connectivity index (χ4n) is 7.75. The summed E-state index contributed by atoms with van der Waals surface area (Å²) in [6.45, 7) is 8.80. The van der Waals surface area contributed by atoms with Crippen molar-refractivity contribution in [2.24, 2.45) is 5.92 Å². The van der Waals surface area contributed by atoms with Gasteiger partial charge in [0, 0.05) is 0 Å². The van der Waals surface area contributed by atoms with Crippen molar-refractivity contribution in [3.63, 3.8) is 0 Å². The Morgan fingerprint density at radius 3 is 0.746 bits per heavy atom. The first-order chi connectivity index (χ1) is 29.6. The number of benzene rings is 4. The Morgan fingerprint density at radius 1 is 0.365 bits per heavy atom. The van der Waals surface area contributed by atoms with Crippen LogP contribution in [0.25, 0.3) is 88.9 Å². The molecule has 0 atom stereocenters. The van der Waals surface area contributed by atoms with Gasteiger partial charge in [-0.15, -0.1) is 22.1 Å². The summed E-state index contributed by atoms with van der Waals surface area (Å²) in [4.78, 5) is 22.0. The summed E-state index contributed by atoms with van der Waals surface area (Å²) in [7, 11) is 0. The standard InChI is InChI=1S/C48H36N4.C4H4F6.Cu/c1-29-30(2)46-42(34-19-11-6-12-20-34)38-27-28-40(50-38)44(36-23-15-8-16-24-36)48-32(4)31(3)47(52-48)43(35-21-13-7-14-22-35)39-26-25-37(49-39)41(45(29)51-46)33-17-9-5-10-18-33;1-2(3(5,6)7)4(8,9)10;/h5-28H,1-4H3;2H,1H3;/q-2;;+2. The molecule has 0 unspecified atom stereocenters. The third kappa shape index (κ3) is 8.68. The minimum Gasteiger partial charge on any atom is -0.657 e. The van der Waals surface area contributed by atoms with Crippen molar-refractivity contribution in [1.82, 2.24) is 19.9 Å². The molecule has 7 aromatic rings. The Labute approximate surface area is 372 Å².